The van der Waals surface area contributed by atoms with Gasteiger partial charge in [-0.1, -0.05) is 24.3 Å². The van der Waals surface area contributed by atoms with Gasteiger partial charge in [-0.25, -0.2) is 0 Å². The molecule has 5 heteroatoms. The van der Waals surface area contributed by atoms with Gasteiger partial charge in [0.2, 0.25) is 11.8 Å². The molecule has 0 atom stereocenters. The number of fused-ring (bicyclic) bond motifs is 1. The van der Waals surface area contributed by atoms with Crippen molar-refractivity contribution in [2.75, 3.05) is 7.05 Å². The summed E-state index contributed by atoms with van der Waals surface area (Å²) in [6, 6.07) is 12.9. The average molecular weight is 306 g/mol. The van der Waals surface area contributed by atoms with Gasteiger partial charge in [-0.05, 0) is 43.1 Å². The Morgan fingerprint density at radius 2 is 1.87 bits per heavy atom. The van der Waals surface area contributed by atoms with Crippen LogP contribution < -0.4 is 0 Å². The number of aromatic nitrogens is 3. The molecule has 4 rings (SSSR count). The zero-order valence-corrected chi connectivity index (χ0v) is 13.0. The summed E-state index contributed by atoms with van der Waals surface area (Å²) in [6.07, 6.45) is 5.62. The smallest absolute Gasteiger partial charge is 0.249 e. The summed E-state index contributed by atoms with van der Waals surface area (Å²) in [6.45, 7) is 0.659. The van der Waals surface area contributed by atoms with Gasteiger partial charge < -0.3 is 4.42 Å². The van der Waals surface area contributed by atoms with Crippen LogP contribution in [0, 0.1) is 0 Å². The van der Waals surface area contributed by atoms with Gasteiger partial charge in [0.15, 0.2) is 0 Å². The Kier molecular flexibility index (Phi) is 3.63. The maximum Gasteiger partial charge on any atom is 0.249 e. The molecule has 0 fully saturated rings. The lowest BCUT2D eigenvalue weighted by molar-refractivity contribution is 0.219. The van der Waals surface area contributed by atoms with E-state index in [0.717, 1.165) is 18.4 Å². The van der Waals surface area contributed by atoms with Crippen molar-refractivity contribution < 1.29 is 4.42 Å². The zero-order chi connectivity index (χ0) is 15.6. The van der Waals surface area contributed by atoms with Gasteiger partial charge in [0.1, 0.15) is 0 Å². The van der Waals surface area contributed by atoms with E-state index >= 15 is 0 Å². The monoisotopic (exact) mass is 306 g/mol. The van der Waals surface area contributed by atoms with E-state index in [-0.39, 0.29) is 0 Å². The van der Waals surface area contributed by atoms with Crippen LogP contribution in [0.25, 0.3) is 11.5 Å². The van der Waals surface area contributed by atoms with E-state index in [9.17, 15) is 0 Å². The fraction of sp³-hybridized carbons (Fsp3) is 0.278. The van der Waals surface area contributed by atoms with Crippen LogP contribution in [0.1, 0.15) is 17.0 Å². The minimum absolute atomic E-state index is 0.487. The molecular formula is C18H18N4O. The Labute approximate surface area is 135 Å². The predicted octanol–water partition coefficient (Wildman–Crippen LogP) is 2.73. The molecule has 116 valence electrons. The molecule has 0 bridgehead atoms. The largest absolute Gasteiger partial charge is 0.419 e. The highest BCUT2D eigenvalue weighted by atomic mass is 16.4. The van der Waals surface area contributed by atoms with Gasteiger partial charge in [-0.2, -0.15) is 0 Å². The quantitative estimate of drug-likeness (QED) is 0.742. The van der Waals surface area contributed by atoms with E-state index in [0.29, 0.717) is 24.4 Å². The lowest BCUT2D eigenvalue weighted by Crippen LogP contribution is -2.31. The third-order valence-corrected chi connectivity index (χ3v) is 4.41. The number of rotatable bonds is 4. The highest BCUT2D eigenvalue weighted by molar-refractivity contribution is 5.49. The molecule has 5 nitrogen and oxygen atoms in total. The molecule has 0 amide bonds. The van der Waals surface area contributed by atoms with Crippen molar-refractivity contribution in [3.05, 3.63) is 65.8 Å². The molecular weight excluding hydrogens is 288 g/mol. The van der Waals surface area contributed by atoms with Crippen LogP contribution in [0.5, 0.6) is 0 Å². The highest BCUT2D eigenvalue weighted by Gasteiger charge is 2.25. The maximum atomic E-state index is 5.77. The molecule has 2 aromatic heterocycles. The van der Waals surface area contributed by atoms with E-state index in [1.165, 1.54) is 11.1 Å². The molecule has 0 saturated carbocycles. The Morgan fingerprint density at radius 3 is 2.57 bits per heavy atom. The van der Waals surface area contributed by atoms with Gasteiger partial charge >= 0.3 is 0 Å². The first-order chi connectivity index (χ1) is 11.3. The van der Waals surface area contributed by atoms with Gasteiger partial charge in [-0.15, -0.1) is 10.2 Å². The van der Waals surface area contributed by atoms with E-state index in [2.05, 4.69) is 51.4 Å². The van der Waals surface area contributed by atoms with Crippen LogP contribution in [0.4, 0.5) is 0 Å². The van der Waals surface area contributed by atoms with Crippen LogP contribution in [0.3, 0.4) is 0 Å². The fourth-order valence-electron chi connectivity index (χ4n) is 3.11. The Bertz CT molecular complexity index is 775. The minimum atomic E-state index is 0.487. The summed E-state index contributed by atoms with van der Waals surface area (Å²) in [4.78, 5) is 6.37. The number of pyridine rings is 1. The molecule has 1 aliphatic carbocycles. The normalized spacial score (nSPS) is 14.3. The second kappa shape index (κ2) is 5.93. The molecule has 0 spiro atoms. The van der Waals surface area contributed by atoms with Crippen molar-refractivity contribution in [1.29, 1.82) is 0 Å². The van der Waals surface area contributed by atoms with E-state index < -0.39 is 0 Å². The van der Waals surface area contributed by atoms with E-state index in [1.54, 1.807) is 12.4 Å². The predicted molar refractivity (Wildman–Crippen MR) is 86.6 cm³/mol. The maximum absolute atomic E-state index is 5.77. The zero-order valence-electron chi connectivity index (χ0n) is 13.0. The van der Waals surface area contributed by atoms with Gasteiger partial charge in [0, 0.05) is 18.4 Å². The Morgan fingerprint density at radius 1 is 1.09 bits per heavy atom. The molecule has 0 saturated heterocycles. The van der Waals surface area contributed by atoms with Crippen LogP contribution in [-0.4, -0.2) is 33.2 Å². The third kappa shape index (κ3) is 2.87. The van der Waals surface area contributed by atoms with Crippen LogP contribution >= 0.6 is 0 Å². The summed E-state index contributed by atoms with van der Waals surface area (Å²) < 4.78 is 5.77. The summed E-state index contributed by atoms with van der Waals surface area (Å²) >= 11 is 0. The molecule has 0 unspecified atom stereocenters. The fourth-order valence-corrected chi connectivity index (χ4v) is 3.11. The van der Waals surface area contributed by atoms with Crippen molar-refractivity contribution in [1.82, 2.24) is 20.1 Å². The first kappa shape index (κ1) is 14.1. The lowest BCUT2D eigenvalue weighted by atomic mass is 10.1. The topological polar surface area (TPSA) is 55.1 Å². The van der Waals surface area contributed by atoms with Gasteiger partial charge in [-0.3, -0.25) is 9.88 Å². The summed E-state index contributed by atoms with van der Waals surface area (Å²) in [5.41, 5.74) is 3.75. The van der Waals surface area contributed by atoms with E-state index in [1.807, 2.05) is 12.1 Å². The van der Waals surface area contributed by atoms with Crippen molar-refractivity contribution in [3.63, 3.8) is 0 Å². The second-order valence-corrected chi connectivity index (χ2v) is 5.99. The molecule has 0 aliphatic heterocycles. The molecule has 23 heavy (non-hydrogen) atoms. The number of likely N-dealkylation sites (N-methyl/N-ethyl adjacent to an activating group) is 1. The van der Waals surface area contributed by atoms with Crippen molar-refractivity contribution >= 4 is 0 Å². The summed E-state index contributed by atoms with van der Waals surface area (Å²) in [5.74, 6) is 1.17. The number of nitrogens with zero attached hydrogens (tertiary/aromatic N) is 4. The van der Waals surface area contributed by atoms with E-state index in [4.69, 9.17) is 4.42 Å². The molecule has 1 aliphatic rings. The van der Waals surface area contributed by atoms with Crippen molar-refractivity contribution in [2.45, 2.75) is 25.4 Å². The van der Waals surface area contributed by atoms with Crippen LogP contribution in [0.15, 0.2) is 53.2 Å². The summed E-state index contributed by atoms with van der Waals surface area (Å²) in [7, 11) is 2.12. The number of hydrogen-bond acceptors (Lipinski definition) is 5. The van der Waals surface area contributed by atoms with Crippen molar-refractivity contribution in [2.24, 2.45) is 0 Å². The molecule has 0 radical (unpaired) electrons. The third-order valence-electron chi connectivity index (χ3n) is 4.41. The average Bonchev–Trinajstić information content (AvgIpc) is 3.22. The SMILES string of the molecule is CN(Cc1nnc(-c2cccnc2)o1)C1Cc2ccccc2C1. The van der Waals surface area contributed by atoms with Gasteiger partial charge in [0.05, 0.1) is 12.1 Å². The number of benzene rings is 1. The van der Waals surface area contributed by atoms with Crippen LogP contribution in [0.2, 0.25) is 0 Å². The summed E-state index contributed by atoms with van der Waals surface area (Å²) in [5, 5.41) is 8.29. The van der Waals surface area contributed by atoms with Crippen molar-refractivity contribution in [3.8, 4) is 11.5 Å². The minimum Gasteiger partial charge on any atom is -0.419 e. The molecule has 3 aromatic rings. The van der Waals surface area contributed by atoms with Crippen LogP contribution in [-0.2, 0) is 19.4 Å². The first-order valence-corrected chi connectivity index (χ1v) is 7.79. The highest BCUT2D eigenvalue weighted by Crippen LogP contribution is 2.26. The number of hydrogen-bond donors (Lipinski definition) is 0. The standard InChI is InChI=1S/C18H18N4O/c1-22(16-9-13-5-2-3-6-14(13)10-16)12-17-20-21-18(23-17)15-7-4-8-19-11-15/h2-8,11,16H,9-10,12H2,1H3. The lowest BCUT2D eigenvalue weighted by Gasteiger charge is -2.22. The second-order valence-electron chi connectivity index (χ2n) is 5.99. The molecule has 1 aromatic carbocycles. The molecule has 0 N–H and O–H groups in total. The van der Waals surface area contributed by atoms with Gasteiger partial charge in [0.25, 0.3) is 0 Å². The first-order valence-electron chi connectivity index (χ1n) is 7.79. The Balaban J connectivity index is 1.44. The molecule has 2 heterocycles. The Hall–Kier alpha value is -2.53.